The number of halogens is 1. The number of para-hydroxylation sites is 1. The molecule has 6 heteroatoms. The van der Waals surface area contributed by atoms with Crippen LogP contribution in [0, 0.1) is 19.7 Å². The molecular weight excluding hydrogens is 407 g/mol. The number of pyridine rings is 1. The van der Waals surface area contributed by atoms with Gasteiger partial charge in [0.15, 0.2) is 6.61 Å². The summed E-state index contributed by atoms with van der Waals surface area (Å²) in [6.07, 6.45) is 0. The molecule has 0 aliphatic carbocycles. The van der Waals surface area contributed by atoms with Gasteiger partial charge < -0.3 is 10.1 Å². The Kier molecular flexibility index (Phi) is 5.94. The number of rotatable bonds is 5. The average Bonchev–Trinajstić information content (AvgIpc) is 2.79. The number of aryl methyl sites for hydroxylation is 2. The van der Waals surface area contributed by atoms with Crippen LogP contribution >= 0.6 is 0 Å². The maximum atomic E-state index is 13.3. The zero-order valence-corrected chi connectivity index (χ0v) is 17.7. The number of nitrogens with zero attached hydrogens (tertiary/aromatic N) is 1. The molecule has 1 heterocycles. The number of amides is 1. The normalized spacial score (nSPS) is 10.7. The maximum absolute atomic E-state index is 13.3. The summed E-state index contributed by atoms with van der Waals surface area (Å²) in [7, 11) is 0. The van der Waals surface area contributed by atoms with Gasteiger partial charge in [-0.25, -0.2) is 14.2 Å². The Morgan fingerprint density at radius 3 is 2.47 bits per heavy atom. The van der Waals surface area contributed by atoms with Crippen molar-refractivity contribution in [2.24, 2.45) is 0 Å². The number of carbonyl (C=O) groups is 2. The van der Waals surface area contributed by atoms with Gasteiger partial charge in [0, 0.05) is 16.6 Å². The van der Waals surface area contributed by atoms with E-state index in [2.05, 4.69) is 10.3 Å². The van der Waals surface area contributed by atoms with E-state index in [-0.39, 0.29) is 11.4 Å². The van der Waals surface area contributed by atoms with Crippen molar-refractivity contribution >= 4 is 28.5 Å². The Labute approximate surface area is 184 Å². The quantitative estimate of drug-likeness (QED) is 0.429. The second-order valence-electron chi connectivity index (χ2n) is 7.52. The van der Waals surface area contributed by atoms with Crippen molar-refractivity contribution in [1.29, 1.82) is 0 Å². The fraction of sp³-hybridized carbons (Fsp3) is 0.115. The number of fused-ring (bicyclic) bond motifs is 1. The molecule has 4 aromatic rings. The Morgan fingerprint density at radius 1 is 0.969 bits per heavy atom. The van der Waals surface area contributed by atoms with Crippen LogP contribution in [0.1, 0.15) is 21.5 Å². The van der Waals surface area contributed by atoms with E-state index in [0.717, 1.165) is 11.1 Å². The fourth-order valence-electron chi connectivity index (χ4n) is 3.46. The van der Waals surface area contributed by atoms with E-state index in [9.17, 15) is 14.0 Å². The number of esters is 1. The number of aromatic nitrogens is 1. The molecule has 0 spiro atoms. The van der Waals surface area contributed by atoms with Crippen molar-refractivity contribution in [2.45, 2.75) is 13.8 Å². The van der Waals surface area contributed by atoms with Crippen molar-refractivity contribution in [3.05, 3.63) is 95.3 Å². The zero-order valence-electron chi connectivity index (χ0n) is 17.7. The molecule has 5 nitrogen and oxygen atoms in total. The van der Waals surface area contributed by atoms with Gasteiger partial charge in [0.2, 0.25) is 0 Å². The summed E-state index contributed by atoms with van der Waals surface area (Å²) in [5.41, 5.74) is 4.75. The third kappa shape index (κ3) is 4.64. The van der Waals surface area contributed by atoms with Crippen LogP contribution in [-0.4, -0.2) is 23.5 Å². The lowest BCUT2D eigenvalue weighted by atomic mass is 10.0. The minimum Gasteiger partial charge on any atom is -0.452 e. The minimum absolute atomic E-state index is 0.286. The smallest absolute Gasteiger partial charge is 0.339 e. The van der Waals surface area contributed by atoms with Crippen LogP contribution in [0.5, 0.6) is 0 Å². The molecule has 0 atom stereocenters. The van der Waals surface area contributed by atoms with Crippen molar-refractivity contribution in [3.8, 4) is 11.3 Å². The molecule has 0 saturated heterocycles. The number of ether oxygens (including phenoxy) is 1. The highest BCUT2D eigenvalue weighted by Crippen LogP contribution is 2.26. The number of nitrogens with one attached hydrogen (secondary N) is 1. The van der Waals surface area contributed by atoms with Crippen LogP contribution in [0.4, 0.5) is 10.1 Å². The lowest BCUT2D eigenvalue weighted by molar-refractivity contribution is -0.119. The highest BCUT2D eigenvalue weighted by molar-refractivity contribution is 6.05. The molecule has 1 amide bonds. The molecule has 3 aromatic carbocycles. The zero-order chi connectivity index (χ0) is 22.7. The predicted octanol–water partition coefficient (Wildman–Crippen LogP) is 5.45. The Balaban J connectivity index is 1.56. The van der Waals surface area contributed by atoms with E-state index in [0.29, 0.717) is 27.8 Å². The highest BCUT2D eigenvalue weighted by atomic mass is 19.1. The third-order valence-electron chi connectivity index (χ3n) is 5.07. The first kappa shape index (κ1) is 21.2. The van der Waals surface area contributed by atoms with Gasteiger partial charge in [0.05, 0.1) is 16.8 Å². The maximum Gasteiger partial charge on any atom is 0.339 e. The van der Waals surface area contributed by atoms with Crippen LogP contribution in [0.15, 0.2) is 72.8 Å². The molecule has 0 bridgehead atoms. The third-order valence-corrected chi connectivity index (χ3v) is 5.07. The van der Waals surface area contributed by atoms with Gasteiger partial charge in [-0.3, -0.25) is 4.79 Å². The van der Waals surface area contributed by atoms with Gasteiger partial charge in [0.25, 0.3) is 5.91 Å². The van der Waals surface area contributed by atoms with Crippen LogP contribution in [-0.2, 0) is 9.53 Å². The molecule has 0 fully saturated rings. The summed E-state index contributed by atoms with van der Waals surface area (Å²) in [5, 5.41) is 3.37. The molecule has 1 N–H and O–H groups in total. The highest BCUT2D eigenvalue weighted by Gasteiger charge is 2.17. The van der Waals surface area contributed by atoms with E-state index >= 15 is 0 Å². The summed E-state index contributed by atoms with van der Waals surface area (Å²) in [6, 6.07) is 20.3. The van der Waals surface area contributed by atoms with Crippen molar-refractivity contribution in [3.63, 3.8) is 0 Å². The van der Waals surface area contributed by atoms with Gasteiger partial charge in [0.1, 0.15) is 5.82 Å². The van der Waals surface area contributed by atoms with Crippen LogP contribution in [0.3, 0.4) is 0 Å². The number of anilines is 1. The van der Waals surface area contributed by atoms with Gasteiger partial charge in [-0.05, 0) is 61.9 Å². The SMILES string of the molecule is Cc1ccc(NC(=O)COC(=O)c2cc(-c3ccc(F)cc3)nc3ccccc23)c(C)c1. The predicted molar refractivity (Wildman–Crippen MR) is 122 cm³/mol. The second kappa shape index (κ2) is 8.98. The summed E-state index contributed by atoms with van der Waals surface area (Å²) >= 11 is 0. The molecule has 0 aliphatic heterocycles. The molecule has 32 heavy (non-hydrogen) atoms. The molecular formula is C26H21FN2O3. The van der Waals surface area contributed by atoms with Gasteiger partial charge in [-0.1, -0.05) is 35.9 Å². The first-order chi connectivity index (χ1) is 15.4. The molecule has 1 aromatic heterocycles. The summed E-state index contributed by atoms with van der Waals surface area (Å²) < 4.78 is 18.6. The summed E-state index contributed by atoms with van der Waals surface area (Å²) in [6.45, 7) is 3.45. The largest absolute Gasteiger partial charge is 0.452 e. The number of hydrogen-bond acceptors (Lipinski definition) is 4. The summed E-state index contributed by atoms with van der Waals surface area (Å²) in [4.78, 5) is 29.8. The lowest BCUT2D eigenvalue weighted by Gasteiger charge is -2.11. The van der Waals surface area contributed by atoms with E-state index in [1.165, 1.54) is 12.1 Å². The van der Waals surface area contributed by atoms with Crippen molar-refractivity contribution in [2.75, 3.05) is 11.9 Å². The average molecular weight is 428 g/mol. The van der Waals surface area contributed by atoms with Crippen molar-refractivity contribution < 1.29 is 18.7 Å². The Hall–Kier alpha value is -4.06. The molecule has 0 radical (unpaired) electrons. The van der Waals surface area contributed by atoms with E-state index < -0.39 is 18.5 Å². The van der Waals surface area contributed by atoms with Gasteiger partial charge in [-0.2, -0.15) is 0 Å². The Bertz CT molecular complexity index is 1320. The number of benzene rings is 3. The molecule has 160 valence electrons. The van der Waals surface area contributed by atoms with Crippen LogP contribution < -0.4 is 5.32 Å². The minimum atomic E-state index is -0.636. The fourth-order valence-corrected chi connectivity index (χ4v) is 3.46. The summed E-state index contributed by atoms with van der Waals surface area (Å²) in [5.74, 6) is -1.42. The number of hydrogen-bond donors (Lipinski definition) is 1. The first-order valence-corrected chi connectivity index (χ1v) is 10.1. The Morgan fingerprint density at radius 2 is 1.72 bits per heavy atom. The van der Waals surface area contributed by atoms with E-state index in [4.69, 9.17) is 4.74 Å². The standard InChI is InChI=1S/C26H21FN2O3/c1-16-7-12-22(17(2)13-16)29-25(30)15-32-26(31)21-14-24(18-8-10-19(27)11-9-18)28-23-6-4-3-5-20(21)23/h3-14H,15H2,1-2H3,(H,29,30). The monoisotopic (exact) mass is 428 g/mol. The molecule has 0 saturated carbocycles. The van der Waals surface area contributed by atoms with E-state index in [1.807, 2.05) is 38.1 Å². The topological polar surface area (TPSA) is 68.3 Å². The van der Waals surface area contributed by atoms with Crippen LogP contribution in [0.2, 0.25) is 0 Å². The first-order valence-electron chi connectivity index (χ1n) is 10.1. The number of carbonyl (C=O) groups excluding carboxylic acids is 2. The van der Waals surface area contributed by atoms with Gasteiger partial charge in [-0.15, -0.1) is 0 Å². The van der Waals surface area contributed by atoms with Gasteiger partial charge >= 0.3 is 5.97 Å². The molecule has 0 unspecified atom stereocenters. The van der Waals surface area contributed by atoms with Crippen LogP contribution in [0.25, 0.3) is 22.2 Å². The van der Waals surface area contributed by atoms with E-state index in [1.54, 1.807) is 36.4 Å². The second-order valence-corrected chi connectivity index (χ2v) is 7.52. The molecule has 0 aliphatic rings. The molecule has 4 rings (SSSR count). The van der Waals surface area contributed by atoms with Crippen molar-refractivity contribution in [1.82, 2.24) is 4.98 Å². The lowest BCUT2D eigenvalue weighted by Crippen LogP contribution is -2.21.